The Balaban J connectivity index is 1.79. The molecular formula is C17H18ClN3O3. The number of nitrogens with one attached hydrogen (secondary N) is 1. The van der Waals surface area contributed by atoms with Crippen molar-refractivity contribution in [3.05, 3.63) is 58.9 Å². The van der Waals surface area contributed by atoms with Gasteiger partial charge < -0.3 is 15.0 Å². The summed E-state index contributed by atoms with van der Waals surface area (Å²) >= 11 is 5.79. The highest BCUT2D eigenvalue weighted by atomic mass is 35.5. The number of rotatable bonds is 6. The summed E-state index contributed by atoms with van der Waals surface area (Å²) in [6.45, 7) is -0.0163. The predicted octanol–water partition coefficient (Wildman–Crippen LogP) is 2.27. The van der Waals surface area contributed by atoms with Crippen LogP contribution in [0.25, 0.3) is 0 Å². The number of halogens is 1. The number of esters is 1. The quantitative estimate of drug-likeness (QED) is 0.641. The third-order valence-corrected chi connectivity index (χ3v) is 3.56. The van der Waals surface area contributed by atoms with Crippen molar-refractivity contribution in [2.75, 3.05) is 25.6 Å². The lowest BCUT2D eigenvalue weighted by Gasteiger charge is -2.13. The predicted molar refractivity (Wildman–Crippen MR) is 92.1 cm³/mol. The fraction of sp³-hybridized carbons (Fsp3) is 0.235. The summed E-state index contributed by atoms with van der Waals surface area (Å²) in [6, 6.07) is 10.8. The van der Waals surface area contributed by atoms with Gasteiger partial charge in [0.1, 0.15) is 5.15 Å². The van der Waals surface area contributed by atoms with Crippen molar-refractivity contribution in [2.45, 2.75) is 6.54 Å². The van der Waals surface area contributed by atoms with Gasteiger partial charge in [-0.25, -0.2) is 9.78 Å². The molecular weight excluding hydrogens is 330 g/mol. The summed E-state index contributed by atoms with van der Waals surface area (Å²) in [6.07, 6.45) is 1.47. The molecule has 0 saturated carbocycles. The number of carbonyl (C=O) groups is 2. The topological polar surface area (TPSA) is 71.5 Å². The number of hydrogen-bond acceptors (Lipinski definition) is 5. The molecule has 0 aliphatic carbocycles. The smallest absolute Gasteiger partial charge is 0.341 e. The SMILES string of the molecule is CN(C)c1ccc(CNC(=O)COC(=O)c2cccnc2Cl)cc1. The van der Waals surface area contributed by atoms with E-state index in [0.717, 1.165) is 11.3 Å². The highest BCUT2D eigenvalue weighted by Gasteiger charge is 2.13. The molecule has 126 valence electrons. The summed E-state index contributed by atoms with van der Waals surface area (Å²) in [5, 5.41) is 2.74. The Hall–Kier alpha value is -2.60. The molecule has 0 atom stereocenters. The van der Waals surface area contributed by atoms with Gasteiger partial charge >= 0.3 is 5.97 Å². The molecule has 2 aromatic rings. The Labute approximate surface area is 145 Å². The minimum atomic E-state index is -0.682. The first kappa shape index (κ1) is 17.7. The standard InChI is InChI=1S/C17H18ClN3O3/c1-21(2)13-7-5-12(6-8-13)10-20-15(22)11-24-17(23)14-4-3-9-19-16(14)18/h3-9H,10-11H2,1-2H3,(H,20,22). The van der Waals surface area contributed by atoms with Gasteiger partial charge in [-0.3, -0.25) is 4.79 Å². The molecule has 7 heteroatoms. The van der Waals surface area contributed by atoms with E-state index in [2.05, 4.69) is 10.3 Å². The maximum absolute atomic E-state index is 11.8. The van der Waals surface area contributed by atoms with Gasteiger partial charge in [0.05, 0.1) is 5.56 Å². The van der Waals surface area contributed by atoms with Crippen LogP contribution in [0.4, 0.5) is 5.69 Å². The number of ether oxygens (including phenoxy) is 1. The van der Waals surface area contributed by atoms with Gasteiger partial charge in [-0.15, -0.1) is 0 Å². The maximum atomic E-state index is 11.8. The normalized spacial score (nSPS) is 10.1. The van der Waals surface area contributed by atoms with Crippen LogP contribution in [-0.4, -0.2) is 37.6 Å². The lowest BCUT2D eigenvalue weighted by molar-refractivity contribution is -0.124. The zero-order valence-corrected chi connectivity index (χ0v) is 14.2. The van der Waals surface area contributed by atoms with Crippen LogP contribution in [0.15, 0.2) is 42.6 Å². The average molecular weight is 348 g/mol. The first-order chi connectivity index (χ1) is 11.5. The third-order valence-electron chi connectivity index (χ3n) is 3.26. The van der Waals surface area contributed by atoms with Crippen molar-refractivity contribution in [2.24, 2.45) is 0 Å². The minimum absolute atomic E-state index is 0.0453. The van der Waals surface area contributed by atoms with Crippen LogP contribution in [0.5, 0.6) is 0 Å². The van der Waals surface area contributed by atoms with E-state index in [1.807, 2.05) is 43.3 Å². The lowest BCUT2D eigenvalue weighted by Crippen LogP contribution is -2.28. The van der Waals surface area contributed by atoms with Crippen LogP contribution in [0, 0.1) is 0 Å². The zero-order chi connectivity index (χ0) is 17.5. The van der Waals surface area contributed by atoms with Crippen LogP contribution in [-0.2, 0) is 16.1 Å². The molecule has 1 aromatic carbocycles. The summed E-state index contributed by atoms with van der Waals surface area (Å²) in [5.41, 5.74) is 2.16. The van der Waals surface area contributed by atoms with Crippen LogP contribution in [0.3, 0.4) is 0 Å². The van der Waals surface area contributed by atoms with Crippen LogP contribution < -0.4 is 10.2 Å². The Morgan fingerprint density at radius 2 is 1.92 bits per heavy atom. The van der Waals surface area contributed by atoms with Gasteiger partial charge in [0.15, 0.2) is 6.61 Å². The van der Waals surface area contributed by atoms with Crippen molar-refractivity contribution < 1.29 is 14.3 Å². The highest BCUT2D eigenvalue weighted by Crippen LogP contribution is 2.13. The number of aromatic nitrogens is 1. The van der Waals surface area contributed by atoms with Crippen molar-refractivity contribution in [3.8, 4) is 0 Å². The Bertz CT molecular complexity index is 717. The fourth-order valence-electron chi connectivity index (χ4n) is 1.91. The zero-order valence-electron chi connectivity index (χ0n) is 13.5. The van der Waals surface area contributed by atoms with E-state index in [4.69, 9.17) is 16.3 Å². The van der Waals surface area contributed by atoms with Crippen LogP contribution in [0.1, 0.15) is 15.9 Å². The molecule has 1 amide bonds. The number of amides is 1. The van der Waals surface area contributed by atoms with Crippen molar-refractivity contribution in [1.82, 2.24) is 10.3 Å². The molecule has 0 radical (unpaired) electrons. The van der Waals surface area contributed by atoms with Gasteiger partial charge in [-0.05, 0) is 29.8 Å². The molecule has 0 unspecified atom stereocenters. The fourth-order valence-corrected chi connectivity index (χ4v) is 2.11. The summed E-state index contributed by atoms with van der Waals surface area (Å²) in [7, 11) is 3.92. The van der Waals surface area contributed by atoms with Crippen LogP contribution in [0.2, 0.25) is 5.15 Å². The summed E-state index contributed by atoms with van der Waals surface area (Å²) in [5.74, 6) is -1.07. The Morgan fingerprint density at radius 3 is 2.54 bits per heavy atom. The molecule has 0 saturated heterocycles. The molecule has 0 spiro atoms. The molecule has 2 rings (SSSR count). The van der Waals surface area contributed by atoms with Gasteiger partial charge in [0, 0.05) is 32.5 Å². The second kappa shape index (κ2) is 8.31. The third kappa shape index (κ3) is 4.96. The first-order valence-electron chi connectivity index (χ1n) is 7.28. The van der Waals surface area contributed by atoms with Crippen LogP contribution >= 0.6 is 11.6 Å². The molecule has 1 aromatic heterocycles. The molecule has 0 aliphatic rings. The Morgan fingerprint density at radius 1 is 1.21 bits per heavy atom. The molecule has 0 aliphatic heterocycles. The molecule has 1 heterocycles. The van der Waals surface area contributed by atoms with E-state index < -0.39 is 5.97 Å². The molecule has 0 bridgehead atoms. The van der Waals surface area contributed by atoms with Crippen molar-refractivity contribution in [1.29, 1.82) is 0 Å². The number of anilines is 1. The average Bonchev–Trinajstić information content (AvgIpc) is 2.58. The van der Waals surface area contributed by atoms with Crippen molar-refractivity contribution >= 4 is 29.2 Å². The number of nitrogens with zero attached hydrogens (tertiary/aromatic N) is 2. The van der Waals surface area contributed by atoms with E-state index in [1.54, 1.807) is 6.07 Å². The number of hydrogen-bond donors (Lipinski definition) is 1. The Kier molecular flexibility index (Phi) is 6.14. The van der Waals surface area contributed by atoms with Gasteiger partial charge in [0.2, 0.25) is 0 Å². The monoisotopic (exact) mass is 347 g/mol. The highest BCUT2D eigenvalue weighted by molar-refractivity contribution is 6.32. The van der Waals surface area contributed by atoms with E-state index in [1.165, 1.54) is 12.3 Å². The maximum Gasteiger partial charge on any atom is 0.341 e. The second-order valence-electron chi connectivity index (χ2n) is 5.26. The van der Waals surface area contributed by atoms with Gasteiger partial charge in [-0.2, -0.15) is 0 Å². The van der Waals surface area contributed by atoms with E-state index in [9.17, 15) is 9.59 Å². The number of pyridine rings is 1. The van der Waals surface area contributed by atoms with E-state index in [-0.39, 0.29) is 23.2 Å². The first-order valence-corrected chi connectivity index (χ1v) is 7.66. The number of benzene rings is 1. The summed E-state index contributed by atoms with van der Waals surface area (Å²) < 4.78 is 4.93. The molecule has 6 nitrogen and oxygen atoms in total. The second-order valence-corrected chi connectivity index (χ2v) is 5.61. The lowest BCUT2D eigenvalue weighted by atomic mass is 10.2. The van der Waals surface area contributed by atoms with E-state index >= 15 is 0 Å². The number of carbonyl (C=O) groups excluding carboxylic acids is 2. The van der Waals surface area contributed by atoms with E-state index in [0.29, 0.717) is 6.54 Å². The van der Waals surface area contributed by atoms with Crippen molar-refractivity contribution in [3.63, 3.8) is 0 Å². The summed E-state index contributed by atoms with van der Waals surface area (Å²) in [4.78, 5) is 29.4. The molecule has 0 fully saturated rings. The largest absolute Gasteiger partial charge is 0.452 e. The minimum Gasteiger partial charge on any atom is -0.452 e. The van der Waals surface area contributed by atoms with Gasteiger partial charge in [-0.1, -0.05) is 23.7 Å². The molecule has 24 heavy (non-hydrogen) atoms. The van der Waals surface area contributed by atoms with Gasteiger partial charge in [0.25, 0.3) is 5.91 Å². The molecule has 1 N–H and O–H groups in total.